The second kappa shape index (κ2) is 69.3. The fraction of sp³-hybridized carbons (Fsp3) is 0.597. The summed E-state index contributed by atoms with van der Waals surface area (Å²) < 4.78 is 16.9. The number of hydrogen-bond donors (Lipinski definition) is 0. The second-order valence-corrected chi connectivity index (χ2v) is 21.6. The highest BCUT2D eigenvalue weighted by molar-refractivity contribution is 5.71. The van der Waals surface area contributed by atoms with Crippen LogP contribution in [0.5, 0.6) is 0 Å². The first kappa shape index (κ1) is 77.8. The number of rotatable bonds is 59. The molecule has 0 aromatic carbocycles. The highest BCUT2D eigenvalue weighted by Gasteiger charge is 2.19. The summed E-state index contributed by atoms with van der Waals surface area (Å²) in [5.74, 6) is -0.967. The van der Waals surface area contributed by atoms with Crippen molar-refractivity contribution in [1.29, 1.82) is 0 Å². The van der Waals surface area contributed by atoms with E-state index in [1.54, 1.807) is 0 Å². The van der Waals surface area contributed by atoms with E-state index < -0.39 is 6.10 Å². The Labute approximate surface area is 511 Å². The first-order valence-corrected chi connectivity index (χ1v) is 33.6. The molecular formula is C77H122O6. The van der Waals surface area contributed by atoms with Crippen LogP contribution in [0.15, 0.2) is 170 Å². The number of unbranched alkanes of at least 4 members (excludes halogenated alkanes) is 20. The van der Waals surface area contributed by atoms with Crippen LogP contribution in [0.4, 0.5) is 0 Å². The lowest BCUT2D eigenvalue weighted by molar-refractivity contribution is -0.167. The minimum absolute atomic E-state index is 0.109. The summed E-state index contributed by atoms with van der Waals surface area (Å²) in [5, 5.41) is 0. The SMILES string of the molecule is CC/C=C\C/C=C\C/C=C\C/C=C\C/C=C\C/C=C\CCCCCCC(=O)OCC(COC(=O)CCCCCCCC/C=C\C/C=C\C/C=C\CCCCCCC)OC(=O)CCCCCCC/C=C\C/C=C\C/C=C\C/C=C\C/C=C\CC. The van der Waals surface area contributed by atoms with Crippen molar-refractivity contribution in [3.63, 3.8) is 0 Å². The molecule has 0 heterocycles. The molecule has 83 heavy (non-hydrogen) atoms. The Hall–Kier alpha value is -5.23. The summed E-state index contributed by atoms with van der Waals surface area (Å²) in [4.78, 5) is 38.5. The summed E-state index contributed by atoms with van der Waals surface area (Å²) in [6.45, 7) is 6.36. The van der Waals surface area contributed by atoms with Gasteiger partial charge in [-0.1, -0.05) is 274 Å². The van der Waals surface area contributed by atoms with E-state index >= 15 is 0 Å². The third kappa shape index (κ3) is 67.4. The quantitative estimate of drug-likeness (QED) is 0.0261. The third-order valence-corrected chi connectivity index (χ3v) is 13.7. The molecule has 1 atom stereocenters. The third-order valence-electron chi connectivity index (χ3n) is 13.7. The largest absolute Gasteiger partial charge is 0.462 e. The molecule has 0 bridgehead atoms. The molecular weight excluding hydrogens is 1020 g/mol. The smallest absolute Gasteiger partial charge is 0.306 e. The molecule has 0 aliphatic heterocycles. The van der Waals surface area contributed by atoms with Gasteiger partial charge in [-0.2, -0.15) is 0 Å². The Bertz CT molecular complexity index is 1890. The van der Waals surface area contributed by atoms with Gasteiger partial charge >= 0.3 is 17.9 Å². The first-order chi connectivity index (χ1) is 41.0. The van der Waals surface area contributed by atoms with Gasteiger partial charge in [0, 0.05) is 19.3 Å². The first-order valence-electron chi connectivity index (χ1n) is 33.6. The number of ether oxygens (including phenoxy) is 3. The summed E-state index contributed by atoms with van der Waals surface area (Å²) in [6, 6.07) is 0. The van der Waals surface area contributed by atoms with Crippen LogP contribution in [-0.2, 0) is 28.6 Å². The van der Waals surface area contributed by atoms with E-state index in [2.05, 4.69) is 191 Å². The lowest BCUT2D eigenvalue weighted by atomic mass is 10.1. The standard InChI is InChI=1S/C77H122O6/c1-4-7-10-13-16-19-22-25-28-31-34-37-38-41-43-46-49-52-55-58-61-64-67-70-76(79)82-73-74(83-77(80)71-68-65-62-59-56-53-50-47-44-40-36-33-30-27-24-21-18-15-12-9-6-3)72-81-75(78)69-66-63-60-57-54-51-48-45-42-39-35-32-29-26-23-20-17-14-11-8-5-2/h7,9-10,12,16,18-19,21,23,25-28,30,32,34-37,40-43,45,47,49-50,52,74H,4-6,8,11,13-15,17,20,22,24,29,31,33,38-39,44,46,48,51,53-73H2,1-3H3/b10-7-,12-9-,19-16-,21-18-,26-23-,28-25-,30-27-,35-32-,37-34-,40-36-,43-41-,45-42-,50-47-,52-49-. The number of carbonyl (C=O) groups excluding carboxylic acids is 3. The van der Waals surface area contributed by atoms with E-state index in [-0.39, 0.29) is 37.5 Å². The molecule has 0 spiro atoms. The van der Waals surface area contributed by atoms with E-state index in [1.165, 1.54) is 51.4 Å². The molecule has 0 aliphatic carbocycles. The zero-order valence-electron chi connectivity index (χ0n) is 53.4. The molecule has 0 amide bonds. The molecule has 466 valence electrons. The maximum atomic E-state index is 13.0. The number of allylic oxidation sites excluding steroid dienone is 28. The minimum Gasteiger partial charge on any atom is -0.462 e. The molecule has 0 aromatic heterocycles. The zero-order valence-corrected chi connectivity index (χ0v) is 53.4. The monoisotopic (exact) mass is 1140 g/mol. The topological polar surface area (TPSA) is 78.9 Å². The highest BCUT2D eigenvalue weighted by atomic mass is 16.6. The molecule has 0 fully saturated rings. The van der Waals surface area contributed by atoms with Gasteiger partial charge in [-0.05, 0) is 154 Å². The number of carbonyl (C=O) groups is 3. The minimum atomic E-state index is -0.817. The van der Waals surface area contributed by atoms with E-state index in [1.807, 2.05) is 0 Å². The molecule has 0 rings (SSSR count). The molecule has 6 heteroatoms. The average Bonchev–Trinajstić information content (AvgIpc) is 3.49. The van der Waals surface area contributed by atoms with Gasteiger partial charge in [0.25, 0.3) is 0 Å². The van der Waals surface area contributed by atoms with Gasteiger partial charge in [0.15, 0.2) is 6.10 Å². The molecule has 0 N–H and O–H groups in total. The van der Waals surface area contributed by atoms with Crippen LogP contribution in [0.3, 0.4) is 0 Å². The van der Waals surface area contributed by atoms with Crippen LogP contribution in [0.2, 0.25) is 0 Å². The van der Waals surface area contributed by atoms with Crippen molar-refractivity contribution < 1.29 is 28.6 Å². The predicted molar refractivity (Wildman–Crippen MR) is 361 cm³/mol. The van der Waals surface area contributed by atoms with Gasteiger partial charge in [-0.3, -0.25) is 14.4 Å². The molecule has 0 aromatic rings. The Morgan fingerprint density at radius 1 is 0.253 bits per heavy atom. The van der Waals surface area contributed by atoms with E-state index in [0.29, 0.717) is 12.8 Å². The number of esters is 3. The Balaban J connectivity index is 4.55. The lowest BCUT2D eigenvalue weighted by Crippen LogP contribution is -2.30. The molecule has 0 aliphatic rings. The van der Waals surface area contributed by atoms with Crippen molar-refractivity contribution in [2.45, 2.75) is 284 Å². The van der Waals surface area contributed by atoms with Crippen molar-refractivity contribution in [2.75, 3.05) is 13.2 Å². The van der Waals surface area contributed by atoms with Gasteiger partial charge < -0.3 is 14.2 Å². The molecule has 1 unspecified atom stereocenters. The summed E-state index contributed by atoms with van der Waals surface area (Å²) in [7, 11) is 0. The van der Waals surface area contributed by atoms with Gasteiger partial charge in [-0.15, -0.1) is 0 Å². The van der Waals surface area contributed by atoms with Crippen LogP contribution in [0.25, 0.3) is 0 Å². The van der Waals surface area contributed by atoms with E-state index in [0.717, 1.165) is 186 Å². The van der Waals surface area contributed by atoms with Gasteiger partial charge in [0.05, 0.1) is 0 Å². The highest BCUT2D eigenvalue weighted by Crippen LogP contribution is 2.14. The molecule has 0 saturated heterocycles. The van der Waals surface area contributed by atoms with Gasteiger partial charge in [0.2, 0.25) is 0 Å². The Morgan fingerprint density at radius 2 is 0.470 bits per heavy atom. The van der Waals surface area contributed by atoms with Gasteiger partial charge in [-0.25, -0.2) is 0 Å². The molecule has 0 radical (unpaired) electrons. The Morgan fingerprint density at radius 3 is 0.735 bits per heavy atom. The zero-order chi connectivity index (χ0) is 59.9. The average molecular weight is 1140 g/mol. The summed E-state index contributed by atoms with van der Waals surface area (Å²) in [5.41, 5.74) is 0. The van der Waals surface area contributed by atoms with Crippen LogP contribution in [-0.4, -0.2) is 37.2 Å². The predicted octanol–water partition coefficient (Wildman–Crippen LogP) is 23.4. The van der Waals surface area contributed by atoms with Crippen LogP contribution < -0.4 is 0 Å². The summed E-state index contributed by atoms with van der Waals surface area (Å²) >= 11 is 0. The van der Waals surface area contributed by atoms with Gasteiger partial charge in [0.1, 0.15) is 13.2 Å². The van der Waals surface area contributed by atoms with E-state index in [9.17, 15) is 14.4 Å². The Kier molecular flexibility index (Phi) is 64.9. The molecule has 6 nitrogen and oxygen atoms in total. The van der Waals surface area contributed by atoms with Crippen LogP contribution >= 0.6 is 0 Å². The summed E-state index contributed by atoms with van der Waals surface area (Å²) in [6.07, 6.45) is 102. The van der Waals surface area contributed by atoms with Crippen molar-refractivity contribution in [3.05, 3.63) is 170 Å². The fourth-order valence-corrected chi connectivity index (χ4v) is 8.71. The van der Waals surface area contributed by atoms with Crippen LogP contribution in [0.1, 0.15) is 278 Å². The lowest BCUT2D eigenvalue weighted by Gasteiger charge is -2.18. The van der Waals surface area contributed by atoms with Crippen molar-refractivity contribution in [1.82, 2.24) is 0 Å². The maximum Gasteiger partial charge on any atom is 0.306 e. The second-order valence-electron chi connectivity index (χ2n) is 21.6. The maximum absolute atomic E-state index is 13.0. The van der Waals surface area contributed by atoms with Crippen molar-refractivity contribution >= 4 is 17.9 Å². The van der Waals surface area contributed by atoms with Crippen molar-refractivity contribution in [2.24, 2.45) is 0 Å². The molecule has 0 saturated carbocycles. The van der Waals surface area contributed by atoms with E-state index in [4.69, 9.17) is 14.2 Å². The fourth-order valence-electron chi connectivity index (χ4n) is 8.71. The normalized spacial score (nSPS) is 13.2. The van der Waals surface area contributed by atoms with Crippen molar-refractivity contribution in [3.8, 4) is 0 Å². The van der Waals surface area contributed by atoms with Crippen LogP contribution in [0, 0.1) is 0 Å². The number of hydrogen-bond acceptors (Lipinski definition) is 6.